The summed E-state index contributed by atoms with van der Waals surface area (Å²) in [6.07, 6.45) is 6.68. The van der Waals surface area contributed by atoms with Gasteiger partial charge in [-0.2, -0.15) is 0 Å². The monoisotopic (exact) mass is 339 g/mol. The lowest BCUT2D eigenvalue weighted by molar-refractivity contribution is 0.0266. The number of pyridine rings is 2. The van der Waals surface area contributed by atoms with Gasteiger partial charge < -0.3 is 9.64 Å². The van der Waals surface area contributed by atoms with Gasteiger partial charge in [0, 0.05) is 24.8 Å². The van der Waals surface area contributed by atoms with Crippen LogP contribution in [-0.2, 0) is 0 Å². The zero-order valence-corrected chi connectivity index (χ0v) is 14.4. The molecule has 4 rings (SSSR count). The molecule has 0 unspecified atom stereocenters. The first-order valence-electron chi connectivity index (χ1n) is 8.64. The van der Waals surface area contributed by atoms with Gasteiger partial charge in [-0.15, -0.1) is 0 Å². The van der Waals surface area contributed by atoms with E-state index < -0.39 is 0 Å². The van der Waals surface area contributed by atoms with Crippen molar-refractivity contribution in [3.8, 4) is 11.6 Å². The summed E-state index contributed by atoms with van der Waals surface area (Å²) in [7, 11) is 1.54. The summed E-state index contributed by atoms with van der Waals surface area (Å²) in [4.78, 5) is 32.0. The molecule has 0 aromatic carbocycles. The summed E-state index contributed by atoms with van der Waals surface area (Å²) in [5, 5.41) is 0. The summed E-state index contributed by atoms with van der Waals surface area (Å²) in [5.41, 5.74) is 1.30. The molecule has 0 bridgehead atoms. The van der Waals surface area contributed by atoms with Crippen molar-refractivity contribution in [1.82, 2.24) is 14.5 Å². The lowest BCUT2D eigenvalue weighted by Crippen LogP contribution is -2.57. The molecule has 0 spiro atoms. The van der Waals surface area contributed by atoms with Crippen LogP contribution in [0.5, 0.6) is 5.88 Å². The van der Waals surface area contributed by atoms with Gasteiger partial charge in [0.25, 0.3) is 11.5 Å². The van der Waals surface area contributed by atoms with Gasteiger partial charge in [-0.25, -0.2) is 4.98 Å². The quantitative estimate of drug-likeness (QED) is 0.860. The first kappa shape index (κ1) is 15.9. The van der Waals surface area contributed by atoms with E-state index in [-0.39, 0.29) is 17.0 Å². The second-order valence-electron chi connectivity index (χ2n) is 6.82. The van der Waals surface area contributed by atoms with Gasteiger partial charge in [0.15, 0.2) is 0 Å². The number of rotatable bonds is 3. The van der Waals surface area contributed by atoms with Crippen molar-refractivity contribution in [2.45, 2.75) is 32.2 Å². The van der Waals surface area contributed by atoms with E-state index in [4.69, 9.17) is 4.74 Å². The second kappa shape index (κ2) is 6.02. The Kier molecular flexibility index (Phi) is 3.82. The largest absolute Gasteiger partial charge is 0.481 e. The number of ether oxygens (including phenoxy) is 1. The summed E-state index contributed by atoms with van der Waals surface area (Å²) in [5.74, 6) is 0.968. The highest BCUT2D eigenvalue weighted by Crippen LogP contribution is 2.39. The number of amides is 1. The van der Waals surface area contributed by atoms with Crippen LogP contribution >= 0.6 is 0 Å². The maximum atomic E-state index is 13.0. The van der Waals surface area contributed by atoms with Crippen LogP contribution in [0.4, 0.5) is 0 Å². The Morgan fingerprint density at radius 3 is 2.80 bits per heavy atom. The predicted octanol–water partition coefficient (Wildman–Crippen LogP) is 2.17. The average Bonchev–Trinajstić information content (AvgIpc) is 2.96. The van der Waals surface area contributed by atoms with E-state index in [2.05, 4.69) is 4.98 Å². The number of carbonyl (C=O) groups excluding carboxylic acids is 1. The Hall–Kier alpha value is -2.63. The topological polar surface area (TPSA) is 64.4 Å². The van der Waals surface area contributed by atoms with Crippen molar-refractivity contribution in [2.75, 3.05) is 13.7 Å². The van der Waals surface area contributed by atoms with Crippen molar-refractivity contribution >= 4 is 5.91 Å². The lowest BCUT2D eigenvalue weighted by atomic mass is 9.90. The molecule has 2 aromatic heterocycles. The minimum Gasteiger partial charge on any atom is -0.481 e. The maximum Gasteiger partial charge on any atom is 0.268 e. The number of aryl methyl sites for hydroxylation is 1. The molecule has 1 aliphatic carbocycles. The molecule has 2 fully saturated rings. The highest BCUT2D eigenvalue weighted by atomic mass is 16.5. The normalized spacial score (nSPS) is 21.6. The average molecular weight is 339 g/mol. The number of hydrogen-bond acceptors (Lipinski definition) is 4. The van der Waals surface area contributed by atoms with Crippen molar-refractivity contribution < 1.29 is 9.53 Å². The summed E-state index contributed by atoms with van der Waals surface area (Å²) < 4.78 is 6.52. The molecule has 1 saturated heterocycles. The van der Waals surface area contributed by atoms with Crippen LogP contribution in [0.25, 0.3) is 5.69 Å². The highest BCUT2D eigenvalue weighted by molar-refractivity contribution is 5.96. The minimum absolute atomic E-state index is 0.138. The van der Waals surface area contributed by atoms with E-state index in [1.54, 1.807) is 31.6 Å². The molecule has 0 N–H and O–H groups in total. The van der Waals surface area contributed by atoms with Gasteiger partial charge >= 0.3 is 0 Å². The molecule has 0 radical (unpaired) electrons. The highest BCUT2D eigenvalue weighted by Gasteiger charge is 2.45. The fraction of sp³-hybridized carbons (Fsp3) is 0.421. The number of likely N-dealkylation sites (tertiary alicyclic amines) is 1. The molecule has 2 aliphatic rings. The van der Waals surface area contributed by atoms with Gasteiger partial charge in [0.05, 0.1) is 19.0 Å². The Morgan fingerprint density at radius 2 is 2.12 bits per heavy atom. The Morgan fingerprint density at radius 1 is 1.28 bits per heavy atom. The number of hydrogen-bond donors (Lipinski definition) is 0. The van der Waals surface area contributed by atoms with Crippen LogP contribution in [0.15, 0.2) is 35.4 Å². The second-order valence-corrected chi connectivity index (χ2v) is 6.82. The first-order chi connectivity index (χ1) is 12.1. The van der Waals surface area contributed by atoms with E-state index in [0.29, 0.717) is 29.1 Å². The minimum atomic E-state index is -0.293. The fourth-order valence-electron chi connectivity index (χ4n) is 3.99. The summed E-state index contributed by atoms with van der Waals surface area (Å²) in [6, 6.07) is 5.59. The van der Waals surface area contributed by atoms with E-state index in [1.165, 1.54) is 17.4 Å². The number of methoxy groups -OCH3 is 1. The third-order valence-corrected chi connectivity index (χ3v) is 5.43. The molecule has 25 heavy (non-hydrogen) atoms. The van der Waals surface area contributed by atoms with Crippen molar-refractivity contribution in [1.29, 1.82) is 0 Å². The van der Waals surface area contributed by atoms with Gasteiger partial charge in [0.1, 0.15) is 5.56 Å². The first-order valence-corrected chi connectivity index (χ1v) is 8.64. The smallest absolute Gasteiger partial charge is 0.268 e. The fourth-order valence-corrected chi connectivity index (χ4v) is 3.99. The Balaban J connectivity index is 1.70. The maximum absolute atomic E-state index is 13.0. The SMILES string of the molecule is COc1ccc(-n2ccc(C)c(C(=O)N3C[C@@H]4CCC[C@@H]43)c2=O)cn1. The molecular formula is C19H21N3O3. The molecule has 1 aliphatic heterocycles. The molecule has 6 heteroatoms. The molecule has 2 aromatic rings. The number of carbonyl (C=O) groups is 1. The van der Waals surface area contributed by atoms with Crippen LogP contribution < -0.4 is 10.3 Å². The third kappa shape index (κ3) is 2.52. The number of aromatic nitrogens is 2. The van der Waals surface area contributed by atoms with Crippen LogP contribution in [0, 0.1) is 12.8 Å². The van der Waals surface area contributed by atoms with Crippen LogP contribution in [-0.4, -0.2) is 40.1 Å². The van der Waals surface area contributed by atoms with E-state index in [0.717, 1.165) is 13.0 Å². The van der Waals surface area contributed by atoms with Crippen molar-refractivity contribution in [2.24, 2.45) is 5.92 Å². The number of fused-ring (bicyclic) bond motifs is 1. The Labute approximate surface area is 146 Å². The van der Waals surface area contributed by atoms with Crippen LogP contribution in [0.2, 0.25) is 0 Å². The van der Waals surface area contributed by atoms with Crippen LogP contribution in [0.1, 0.15) is 35.2 Å². The molecule has 6 nitrogen and oxygen atoms in total. The molecule has 2 atom stereocenters. The van der Waals surface area contributed by atoms with Crippen molar-refractivity contribution in [3.05, 3.63) is 52.1 Å². The molecule has 1 amide bonds. The zero-order chi connectivity index (χ0) is 17.6. The van der Waals surface area contributed by atoms with E-state index in [9.17, 15) is 9.59 Å². The molecule has 3 heterocycles. The lowest BCUT2D eigenvalue weighted by Gasteiger charge is -2.44. The van der Waals surface area contributed by atoms with Gasteiger partial charge in [-0.1, -0.05) is 6.42 Å². The predicted molar refractivity (Wildman–Crippen MR) is 93.3 cm³/mol. The third-order valence-electron chi connectivity index (χ3n) is 5.43. The van der Waals surface area contributed by atoms with Gasteiger partial charge in [0.2, 0.25) is 5.88 Å². The molecule has 130 valence electrons. The zero-order valence-electron chi connectivity index (χ0n) is 14.4. The van der Waals surface area contributed by atoms with E-state index >= 15 is 0 Å². The van der Waals surface area contributed by atoms with Gasteiger partial charge in [-0.05, 0) is 43.4 Å². The molecule has 1 saturated carbocycles. The standard InChI is InChI=1S/C19H21N3O3/c1-12-8-9-21(14-6-7-16(25-2)20-10-14)18(23)17(12)19(24)22-11-13-4-3-5-15(13)22/h6-10,13,15H,3-5,11H2,1-2H3/t13-,15-/m0/s1. The molecular weight excluding hydrogens is 318 g/mol. The van der Waals surface area contributed by atoms with Crippen molar-refractivity contribution in [3.63, 3.8) is 0 Å². The van der Waals surface area contributed by atoms with Crippen LogP contribution in [0.3, 0.4) is 0 Å². The van der Waals surface area contributed by atoms with E-state index in [1.807, 2.05) is 17.9 Å². The Bertz CT molecular complexity index is 872. The summed E-state index contributed by atoms with van der Waals surface area (Å²) >= 11 is 0. The van der Waals surface area contributed by atoms with Gasteiger partial charge in [-0.3, -0.25) is 14.2 Å². The number of nitrogens with zero attached hydrogens (tertiary/aromatic N) is 3. The summed E-state index contributed by atoms with van der Waals surface area (Å²) in [6.45, 7) is 2.60.